The van der Waals surface area contributed by atoms with E-state index in [2.05, 4.69) is 4.74 Å². The molecule has 1 aromatic carbocycles. The van der Waals surface area contributed by atoms with E-state index in [4.69, 9.17) is 4.74 Å². The molecular weight excluding hydrogens is 220 g/mol. The summed E-state index contributed by atoms with van der Waals surface area (Å²) in [4.78, 5) is 11.0. The summed E-state index contributed by atoms with van der Waals surface area (Å²) in [5.41, 5.74) is 0.911. The average molecular weight is 236 g/mol. The normalized spacial score (nSPS) is 12.4. The number of aliphatic hydroxyl groups is 1. The zero-order chi connectivity index (χ0) is 12.7. The fourth-order valence-corrected chi connectivity index (χ4v) is 1.39. The third-order valence-electron chi connectivity index (χ3n) is 2.41. The Bertz CT molecular complexity index is 381. The first-order valence-electron chi connectivity index (χ1n) is 5.22. The van der Waals surface area contributed by atoms with Gasteiger partial charge in [0.05, 0.1) is 20.8 Å². The molecule has 4 heteroatoms. The number of benzene rings is 1. The number of carbonyl (C=O) groups excluding carboxylic acids is 1. The Morgan fingerprint density at radius 1 is 1.35 bits per heavy atom. The fraction of sp³-hybridized carbons (Fsp3) is 0.308. The van der Waals surface area contributed by atoms with Crippen LogP contribution in [-0.4, -0.2) is 31.9 Å². The number of hydrogen-bond donors (Lipinski definition) is 1. The van der Waals surface area contributed by atoms with E-state index in [0.29, 0.717) is 0 Å². The standard InChI is InChI=1S/C13H16O4/c1-16-12-6-3-10(4-7-12)11(9-14)5-8-13(15)17-2/h3-8,11,14H,9H2,1-2H3/b8-5+. The van der Waals surface area contributed by atoms with Gasteiger partial charge < -0.3 is 14.6 Å². The minimum Gasteiger partial charge on any atom is -0.497 e. The Labute approximate surface area is 100 Å². The molecule has 1 N–H and O–H groups in total. The zero-order valence-corrected chi connectivity index (χ0v) is 9.92. The van der Waals surface area contributed by atoms with Gasteiger partial charge in [0.15, 0.2) is 0 Å². The summed E-state index contributed by atoms with van der Waals surface area (Å²) in [6.45, 7) is -0.0696. The van der Waals surface area contributed by atoms with Crippen LogP contribution in [0.1, 0.15) is 11.5 Å². The van der Waals surface area contributed by atoms with Crippen molar-refractivity contribution in [1.29, 1.82) is 0 Å². The molecule has 0 bridgehead atoms. The molecule has 4 nitrogen and oxygen atoms in total. The summed E-state index contributed by atoms with van der Waals surface area (Å²) in [5.74, 6) is 0.0966. The van der Waals surface area contributed by atoms with Crippen LogP contribution in [0.15, 0.2) is 36.4 Å². The molecule has 0 aliphatic heterocycles. The average Bonchev–Trinajstić information content (AvgIpc) is 2.39. The predicted octanol–water partition coefficient (Wildman–Crippen LogP) is 1.50. The second-order valence-corrected chi connectivity index (χ2v) is 3.44. The van der Waals surface area contributed by atoms with Crippen molar-refractivity contribution in [2.24, 2.45) is 0 Å². The maximum absolute atomic E-state index is 11.0. The molecule has 0 heterocycles. The van der Waals surface area contributed by atoms with Crippen LogP contribution in [0.5, 0.6) is 5.75 Å². The van der Waals surface area contributed by atoms with E-state index in [-0.39, 0.29) is 12.5 Å². The monoisotopic (exact) mass is 236 g/mol. The fourth-order valence-electron chi connectivity index (χ4n) is 1.39. The van der Waals surface area contributed by atoms with Crippen molar-refractivity contribution in [3.63, 3.8) is 0 Å². The van der Waals surface area contributed by atoms with Crippen LogP contribution in [0.2, 0.25) is 0 Å². The summed E-state index contributed by atoms with van der Waals surface area (Å²) >= 11 is 0. The Morgan fingerprint density at radius 3 is 2.47 bits per heavy atom. The van der Waals surface area contributed by atoms with Crippen molar-refractivity contribution >= 4 is 5.97 Å². The van der Waals surface area contributed by atoms with Crippen molar-refractivity contribution < 1.29 is 19.4 Å². The molecule has 92 valence electrons. The summed E-state index contributed by atoms with van der Waals surface area (Å²) < 4.78 is 9.53. The van der Waals surface area contributed by atoms with Crippen LogP contribution in [0.25, 0.3) is 0 Å². The van der Waals surface area contributed by atoms with E-state index in [9.17, 15) is 9.90 Å². The van der Waals surface area contributed by atoms with E-state index in [1.54, 1.807) is 13.2 Å². The van der Waals surface area contributed by atoms with Gasteiger partial charge in [0.2, 0.25) is 0 Å². The molecule has 0 aliphatic rings. The zero-order valence-electron chi connectivity index (χ0n) is 9.92. The highest BCUT2D eigenvalue weighted by atomic mass is 16.5. The summed E-state index contributed by atoms with van der Waals surface area (Å²) in [6, 6.07) is 7.32. The first-order valence-corrected chi connectivity index (χ1v) is 5.22. The molecule has 1 rings (SSSR count). The van der Waals surface area contributed by atoms with E-state index in [0.717, 1.165) is 11.3 Å². The second-order valence-electron chi connectivity index (χ2n) is 3.44. The number of methoxy groups -OCH3 is 2. The smallest absolute Gasteiger partial charge is 0.330 e. The van der Waals surface area contributed by atoms with Crippen LogP contribution >= 0.6 is 0 Å². The molecular formula is C13H16O4. The van der Waals surface area contributed by atoms with Crippen LogP contribution in [0.4, 0.5) is 0 Å². The molecule has 1 atom stereocenters. The topological polar surface area (TPSA) is 55.8 Å². The van der Waals surface area contributed by atoms with Gasteiger partial charge in [-0.1, -0.05) is 18.2 Å². The van der Waals surface area contributed by atoms with Crippen molar-refractivity contribution in [2.45, 2.75) is 5.92 Å². The van der Waals surface area contributed by atoms with E-state index in [1.807, 2.05) is 24.3 Å². The molecule has 1 unspecified atom stereocenters. The summed E-state index contributed by atoms with van der Waals surface area (Å²) in [5, 5.41) is 9.26. The maximum atomic E-state index is 11.0. The minimum absolute atomic E-state index is 0.0696. The summed E-state index contributed by atoms with van der Waals surface area (Å²) in [7, 11) is 2.91. The Hall–Kier alpha value is -1.81. The third kappa shape index (κ3) is 3.92. The van der Waals surface area contributed by atoms with E-state index >= 15 is 0 Å². The van der Waals surface area contributed by atoms with Gasteiger partial charge in [-0.15, -0.1) is 0 Å². The lowest BCUT2D eigenvalue weighted by Gasteiger charge is -2.10. The van der Waals surface area contributed by atoms with Crippen molar-refractivity contribution in [2.75, 3.05) is 20.8 Å². The van der Waals surface area contributed by atoms with Gasteiger partial charge in [-0.05, 0) is 17.7 Å². The quantitative estimate of drug-likeness (QED) is 0.621. The number of rotatable bonds is 5. The van der Waals surface area contributed by atoms with Crippen LogP contribution in [0.3, 0.4) is 0 Å². The molecule has 0 spiro atoms. The molecule has 1 aromatic rings. The second kappa shape index (κ2) is 6.70. The van der Waals surface area contributed by atoms with E-state index < -0.39 is 5.97 Å². The first-order chi connectivity index (χ1) is 8.21. The molecule has 0 saturated carbocycles. The van der Waals surface area contributed by atoms with E-state index in [1.165, 1.54) is 13.2 Å². The molecule has 0 amide bonds. The van der Waals surface area contributed by atoms with Crippen LogP contribution < -0.4 is 4.74 Å². The van der Waals surface area contributed by atoms with Gasteiger partial charge in [-0.25, -0.2) is 4.79 Å². The Kier molecular flexibility index (Phi) is 5.23. The summed E-state index contributed by atoms with van der Waals surface area (Å²) in [6.07, 6.45) is 2.93. The number of aliphatic hydroxyl groups excluding tert-OH is 1. The SMILES string of the molecule is COC(=O)/C=C/C(CO)c1ccc(OC)cc1. The third-order valence-corrected chi connectivity index (χ3v) is 2.41. The Balaban J connectivity index is 2.78. The molecule has 0 aliphatic carbocycles. The number of hydrogen-bond acceptors (Lipinski definition) is 4. The van der Waals surface area contributed by atoms with Crippen molar-refractivity contribution in [3.8, 4) is 5.75 Å². The Morgan fingerprint density at radius 2 is 2.00 bits per heavy atom. The minimum atomic E-state index is -0.433. The predicted molar refractivity (Wildman–Crippen MR) is 64.0 cm³/mol. The highest BCUT2D eigenvalue weighted by Crippen LogP contribution is 2.20. The van der Waals surface area contributed by atoms with Crippen molar-refractivity contribution in [3.05, 3.63) is 42.0 Å². The number of ether oxygens (including phenoxy) is 2. The highest BCUT2D eigenvalue weighted by Gasteiger charge is 2.07. The number of esters is 1. The lowest BCUT2D eigenvalue weighted by molar-refractivity contribution is -0.134. The first kappa shape index (κ1) is 13.3. The molecule has 0 fully saturated rings. The van der Waals surface area contributed by atoms with Gasteiger partial charge >= 0.3 is 5.97 Å². The number of carbonyl (C=O) groups is 1. The lowest BCUT2D eigenvalue weighted by Crippen LogP contribution is -2.03. The maximum Gasteiger partial charge on any atom is 0.330 e. The van der Waals surface area contributed by atoms with Gasteiger partial charge in [-0.2, -0.15) is 0 Å². The molecule has 0 saturated heterocycles. The van der Waals surface area contributed by atoms with Crippen molar-refractivity contribution in [1.82, 2.24) is 0 Å². The van der Waals surface area contributed by atoms with Crippen LogP contribution in [-0.2, 0) is 9.53 Å². The highest BCUT2D eigenvalue weighted by molar-refractivity contribution is 5.81. The van der Waals surface area contributed by atoms with Gasteiger partial charge in [0.25, 0.3) is 0 Å². The molecule has 17 heavy (non-hydrogen) atoms. The van der Waals surface area contributed by atoms with Gasteiger partial charge in [0.1, 0.15) is 5.75 Å². The van der Waals surface area contributed by atoms with Gasteiger partial charge in [0, 0.05) is 12.0 Å². The molecule has 0 aromatic heterocycles. The van der Waals surface area contributed by atoms with Gasteiger partial charge in [-0.3, -0.25) is 0 Å². The van der Waals surface area contributed by atoms with Crippen LogP contribution in [0, 0.1) is 0 Å². The molecule has 0 radical (unpaired) electrons. The largest absolute Gasteiger partial charge is 0.497 e. The lowest BCUT2D eigenvalue weighted by atomic mass is 9.99.